The summed E-state index contributed by atoms with van der Waals surface area (Å²) in [6.45, 7) is 3.73. The van der Waals surface area contributed by atoms with Gasteiger partial charge in [-0.2, -0.15) is 0 Å². The van der Waals surface area contributed by atoms with Crippen LogP contribution in [0, 0.1) is 25.1 Å². The van der Waals surface area contributed by atoms with Crippen LogP contribution in [-0.4, -0.2) is 0 Å². The molecule has 0 aliphatic carbocycles. The molecule has 0 radical (unpaired) electrons. The molecule has 12 heavy (non-hydrogen) atoms. The fourth-order valence-electron chi connectivity index (χ4n) is 1.13. The van der Waals surface area contributed by atoms with E-state index in [-0.39, 0.29) is 0 Å². The van der Waals surface area contributed by atoms with Crippen molar-refractivity contribution in [2.24, 2.45) is 0 Å². The monoisotopic (exact) mass is 181 g/mol. The molecule has 0 atom stereocenters. The minimum atomic E-state index is 0.668. The van der Waals surface area contributed by atoms with Crippen LogP contribution in [0.3, 0.4) is 0 Å². The van der Waals surface area contributed by atoms with Gasteiger partial charge in [0.15, 0.2) is 0 Å². The normalized spacial score (nSPS) is 8.92. The molecule has 0 amide bonds. The summed E-state index contributed by atoms with van der Waals surface area (Å²) in [4.78, 5) is 0. The lowest BCUT2D eigenvalue weighted by atomic mass is 10.0. The molecule has 0 bridgehead atoms. The van der Waals surface area contributed by atoms with Gasteiger partial charge >= 0.3 is 6.07 Å². The van der Waals surface area contributed by atoms with Crippen molar-refractivity contribution >= 4 is 11.6 Å². The molecule has 0 N–H and O–H groups in total. The van der Waals surface area contributed by atoms with Gasteiger partial charge in [-0.05, 0) is 37.1 Å². The summed E-state index contributed by atoms with van der Waals surface area (Å²) in [5.41, 5.74) is 2.56. The summed E-state index contributed by atoms with van der Waals surface area (Å²) < 4.78 is 0. The first-order valence-electron chi connectivity index (χ1n) is 3.50. The third kappa shape index (κ3) is 1.69. The minimum Gasteiger partial charge on any atom is -0.498 e. The molecule has 1 aromatic rings. The van der Waals surface area contributed by atoms with E-state index >= 15 is 0 Å². The molecule has 62 valence electrons. The van der Waals surface area contributed by atoms with Crippen LogP contribution in [0.25, 0.3) is 5.01 Å². The van der Waals surface area contributed by atoms with Gasteiger partial charge in [-0.1, -0.05) is 11.6 Å². The van der Waals surface area contributed by atoms with E-state index in [1.807, 2.05) is 13.8 Å². The summed E-state index contributed by atoms with van der Waals surface area (Å²) in [6.07, 6.45) is 0. The maximum Gasteiger partial charge on any atom is 0.337 e. The highest BCUT2D eigenvalue weighted by Crippen LogP contribution is 2.19. The molecule has 0 saturated heterocycles. The second-order valence-corrected chi connectivity index (χ2v) is 3.05. The number of rotatable bonds is 0. The maximum absolute atomic E-state index is 9.97. The van der Waals surface area contributed by atoms with Crippen LogP contribution in [0.1, 0.15) is 16.7 Å². The molecule has 1 aromatic carbocycles. The Bertz CT molecular complexity index is 340. The third-order valence-corrected chi connectivity index (χ3v) is 1.87. The topological polar surface area (TPSA) is 27.4 Å². The van der Waals surface area contributed by atoms with E-state index in [4.69, 9.17) is 11.6 Å². The largest absolute Gasteiger partial charge is 0.498 e. The standard InChI is InChI=1S/C9H8ClNO/c1-6-3-8(10)4-7(2)9(6)5-11-12/h3-4H,1-2H3. The van der Waals surface area contributed by atoms with Crippen molar-refractivity contribution < 1.29 is 0 Å². The van der Waals surface area contributed by atoms with E-state index < -0.39 is 0 Å². The Morgan fingerprint density at radius 1 is 1.33 bits per heavy atom. The Morgan fingerprint density at radius 2 is 1.83 bits per heavy atom. The first-order chi connectivity index (χ1) is 5.65. The fraction of sp³-hybridized carbons (Fsp3) is 0.222. The highest BCUT2D eigenvalue weighted by molar-refractivity contribution is 6.30. The molecule has 0 aromatic heterocycles. The van der Waals surface area contributed by atoms with Crippen molar-refractivity contribution in [1.82, 2.24) is 0 Å². The zero-order valence-corrected chi connectivity index (χ0v) is 7.64. The van der Waals surface area contributed by atoms with Crippen LogP contribution in [0.2, 0.25) is 5.02 Å². The van der Waals surface area contributed by atoms with E-state index in [0.29, 0.717) is 5.02 Å². The summed E-state index contributed by atoms with van der Waals surface area (Å²) in [5, 5.41) is 13.3. The number of hydrogen-bond acceptors (Lipinski definition) is 1. The van der Waals surface area contributed by atoms with Crippen molar-refractivity contribution in [2.75, 3.05) is 0 Å². The summed E-state index contributed by atoms with van der Waals surface area (Å²) in [7, 11) is 0. The van der Waals surface area contributed by atoms with Gasteiger partial charge in [-0.15, -0.1) is 0 Å². The quantitative estimate of drug-likeness (QED) is 0.565. The minimum absolute atomic E-state index is 0.668. The van der Waals surface area contributed by atoms with Crippen molar-refractivity contribution in [3.8, 4) is 6.07 Å². The number of hydrogen-bond donors (Lipinski definition) is 0. The SMILES string of the molecule is Cc1cc(Cl)cc(C)c1C#[N+][O-]. The predicted octanol–water partition coefficient (Wildman–Crippen LogP) is 3.14. The Morgan fingerprint density at radius 3 is 2.25 bits per heavy atom. The fourth-order valence-corrected chi connectivity index (χ4v) is 1.46. The maximum atomic E-state index is 9.97. The van der Waals surface area contributed by atoms with Crippen molar-refractivity contribution in [3.05, 3.63) is 44.1 Å². The Hall–Kier alpha value is -1.20. The van der Waals surface area contributed by atoms with Crippen LogP contribution < -0.4 is 0 Å². The van der Waals surface area contributed by atoms with E-state index in [2.05, 4.69) is 11.1 Å². The average molecular weight is 182 g/mol. The van der Waals surface area contributed by atoms with Crippen molar-refractivity contribution in [3.63, 3.8) is 0 Å². The van der Waals surface area contributed by atoms with Gasteiger partial charge in [0.2, 0.25) is 0 Å². The predicted molar refractivity (Wildman–Crippen MR) is 50.6 cm³/mol. The van der Waals surface area contributed by atoms with Gasteiger partial charge in [-0.25, -0.2) is 0 Å². The van der Waals surface area contributed by atoms with E-state index in [9.17, 15) is 5.21 Å². The lowest BCUT2D eigenvalue weighted by Gasteiger charge is -1.99. The number of nitrogens with zero attached hydrogens (tertiary/aromatic N) is 1. The zero-order chi connectivity index (χ0) is 9.14. The van der Waals surface area contributed by atoms with Crippen LogP contribution in [0.15, 0.2) is 12.1 Å². The van der Waals surface area contributed by atoms with Crippen LogP contribution in [0.4, 0.5) is 0 Å². The lowest BCUT2D eigenvalue weighted by molar-refractivity contribution is 1.35. The summed E-state index contributed by atoms with van der Waals surface area (Å²) in [5.74, 6) is 0. The van der Waals surface area contributed by atoms with Gasteiger partial charge in [0.25, 0.3) is 0 Å². The zero-order valence-electron chi connectivity index (χ0n) is 6.89. The van der Waals surface area contributed by atoms with Gasteiger partial charge in [0.1, 0.15) is 5.56 Å². The van der Waals surface area contributed by atoms with Gasteiger partial charge in [-0.3, -0.25) is 0 Å². The van der Waals surface area contributed by atoms with E-state index in [0.717, 1.165) is 16.7 Å². The van der Waals surface area contributed by atoms with Gasteiger partial charge in [0, 0.05) is 10.0 Å². The number of aryl methyl sites for hydroxylation is 2. The summed E-state index contributed by atoms with van der Waals surface area (Å²) >= 11 is 5.79. The number of benzene rings is 1. The summed E-state index contributed by atoms with van der Waals surface area (Å²) in [6, 6.07) is 5.94. The van der Waals surface area contributed by atoms with Gasteiger partial charge in [0.05, 0.1) is 0 Å². The molecule has 0 spiro atoms. The number of halogens is 1. The van der Waals surface area contributed by atoms with Crippen LogP contribution in [0.5, 0.6) is 0 Å². The smallest absolute Gasteiger partial charge is 0.337 e. The molecule has 3 heteroatoms. The Kier molecular flexibility index (Phi) is 2.57. The van der Waals surface area contributed by atoms with Crippen molar-refractivity contribution in [2.45, 2.75) is 13.8 Å². The molecule has 0 fully saturated rings. The molecule has 0 saturated carbocycles. The van der Waals surface area contributed by atoms with Crippen LogP contribution >= 0.6 is 11.6 Å². The first-order valence-corrected chi connectivity index (χ1v) is 3.88. The molecule has 0 heterocycles. The van der Waals surface area contributed by atoms with E-state index in [1.54, 1.807) is 12.1 Å². The van der Waals surface area contributed by atoms with Crippen molar-refractivity contribution in [1.29, 1.82) is 0 Å². The van der Waals surface area contributed by atoms with E-state index in [1.165, 1.54) is 0 Å². The first kappa shape index (κ1) is 8.89. The highest BCUT2D eigenvalue weighted by Gasteiger charge is 2.05. The molecule has 0 aliphatic rings. The highest BCUT2D eigenvalue weighted by atomic mass is 35.5. The molecular weight excluding hydrogens is 174 g/mol. The van der Waals surface area contributed by atoms with Crippen LogP contribution in [-0.2, 0) is 0 Å². The third-order valence-electron chi connectivity index (χ3n) is 1.65. The lowest BCUT2D eigenvalue weighted by Crippen LogP contribution is -1.86. The second kappa shape index (κ2) is 3.46. The second-order valence-electron chi connectivity index (χ2n) is 2.62. The molecule has 0 aliphatic heterocycles. The average Bonchev–Trinajstić information content (AvgIpc) is 1.96. The molecule has 1 rings (SSSR count). The Balaban J connectivity index is 3.34. The molecule has 0 unspecified atom stereocenters. The molecule has 2 nitrogen and oxygen atoms in total. The molecular formula is C9H8ClNO. The van der Waals surface area contributed by atoms with Gasteiger partial charge < -0.3 is 5.21 Å². The Labute approximate surface area is 76.2 Å².